The van der Waals surface area contributed by atoms with E-state index >= 15 is 0 Å². The van der Waals surface area contributed by atoms with Crippen molar-refractivity contribution in [1.29, 1.82) is 0 Å². The average molecular weight is 205 g/mol. The third-order valence-electron chi connectivity index (χ3n) is 2.95. The lowest BCUT2D eigenvalue weighted by molar-refractivity contribution is -0.145. The maximum absolute atomic E-state index is 11.5. The van der Waals surface area contributed by atoms with Gasteiger partial charge in [0.05, 0.1) is 13.0 Å². The number of carbonyl (C=O) groups is 1. The van der Waals surface area contributed by atoms with Crippen LogP contribution in [0.4, 0.5) is 0 Å². The van der Waals surface area contributed by atoms with Crippen LogP contribution in [0.25, 0.3) is 0 Å². The molecule has 3 heteroatoms. The summed E-state index contributed by atoms with van der Waals surface area (Å²) in [5.74, 6) is 0.0879. The molecule has 2 atom stereocenters. The summed E-state index contributed by atoms with van der Waals surface area (Å²) >= 11 is 0. The van der Waals surface area contributed by atoms with Crippen molar-refractivity contribution in [3.05, 3.63) is 35.9 Å². The molecule has 0 aromatic heterocycles. The quantitative estimate of drug-likeness (QED) is 0.736. The van der Waals surface area contributed by atoms with Gasteiger partial charge in [-0.3, -0.25) is 4.79 Å². The molecule has 15 heavy (non-hydrogen) atoms. The Kier molecular flexibility index (Phi) is 3.02. The predicted molar refractivity (Wildman–Crippen MR) is 57.6 cm³/mol. The molecule has 0 amide bonds. The van der Waals surface area contributed by atoms with Gasteiger partial charge in [-0.1, -0.05) is 30.3 Å². The molecule has 1 aliphatic heterocycles. The topological polar surface area (TPSA) is 38.3 Å². The third-order valence-corrected chi connectivity index (χ3v) is 2.95. The first-order valence-electron chi connectivity index (χ1n) is 5.16. The molecule has 2 rings (SSSR count). The third kappa shape index (κ3) is 2.02. The van der Waals surface area contributed by atoms with Gasteiger partial charge in [-0.15, -0.1) is 0 Å². The Morgan fingerprint density at radius 3 is 2.73 bits per heavy atom. The zero-order valence-electron chi connectivity index (χ0n) is 8.77. The molecule has 0 unspecified atom stereocenters. The highest BCUT2D eigenvalue weighted by atomic mass is 16.5. The summed E-state index contributed by atoms with van der Waals surface area (Å²) in [6.45, 7) is 1.57. The summed E-state index contributed by atoms with van der Waals surface area (Å²) in [6.07, 6.45) is 0. The molecule has 1 saturated heterocycles. The number of rotatable bonds is 2. The smallest absolute Gasteiger partial charge is 0.310 e. The van der Waals surface area contributed by atoms with Gasteiger partial charge in [0, 0.05) is 19.0 Å². The van der Waals surface area contributed by atoms with E-state index in [-0.39, 0.29) is 17.8 Å². The number of esters is 1. The maximum Gasteiger partial charge on any atom is 0.310 e. The number of benzene rings is 1. The van der Waals surface area contributed by atoms with Gasteiger partial charge in [0.1, 0.15) is 0 Å². The summed E-state index contributed by atoms with van der Waals surface area (Å²) in [7, 11) is 1.45. The van der Waals surface area contributed by atoms with Gasteiger partial charge < -0.3 is 10.1 Å². The number of ether oxygens (including phenoxy) is 1. The van der Waals surface area contributed by atoms with Crippen LogP contribution in [0.2, 0.25) is 0 Å². The maximum atomic E-state index is 11.5. The first kappa shape index (κ1) is 10.2. The average Bonchev–Trinajstić information content (AvgIpc) is 2.78. The molecule has 1 aromatic rings. The van der Waals surface area contributed by atoms with Crippen LogP contribution in [0.3, 0.4) is 0 Å². The van der Waals surface area contributed by atoms with Crippen molar-refractivity contribution in [2.75, 3.05) is 20.2 Å². The van der Waals surface area contributed by atoms with Crippen LogP contribution in [0.15, 0.2) is 30.3 Å². The van der Waals surface area contributed by atoms with Crippen molar-refractivity contribution in [3.8, 4) is 0 Å². The van der Waals surface area contributed by atoms with E-state index in [1.807, 2.05) is 18.2 Å². The van der Waals surface area contributed by atoms with Crippen LogP contribution >= 0.6 is 0 Å². The molecule has 3 nitrogen and oxygen atoms in total. The second-order valence-electron chi connectivity index (χ2n) is 3.81. The molecule has 1 fully saturated rings. The first-order chi connectivity index (χ1) is 7.33. The Bertz CT molecular complexity index is 337. The lowest BCUT2D eigenvalue weighted by Gasteiger charge is -2.16. The van der Waals surface area contributed by atoms with Gasteiger partial charge in [-0.2, -0.15) is 0 Å². The van der Waals surface area contributed by atoms with E-state index in [4.69, 9.17) is 4.74 Å². The normalized spacial score (nSPS) is 25.1. The number of nitrogens with one attached hydrogen (secondary N) is 1. The molecule has 1 aliphatic rings. The van der Waals surface area contributed by atoms with Gasteiger partial charge in [-0.05, 0) is 5.56 Å². The predicted octanol–water partition coefficient (Wildman–Crippen LogP) is 1.16. The van der Waals surface area contributed by atoms with E-state index in [0.717, 1.165) is 6.54 Å². The number of hydrogen-bond acceptors (Lipinski definition) is 3. The van der Waals surface area contributed by atoms with E-state index in [1.165, 1.54) is 12.7 Å². The SMILES string of the molecule is COC(=O)[C@@H]1CNC[C@H]1c1ccccc1. The zero-order chi connectivity index (χ0) is 10.7. The van der Waals surface area contributed by atoms with Gasteiger partial charge in [-0.25, -0.2) is 0 Å². The van der Waals surface area contributed by atoms with Crippen LogP contribution in [0, 0.1) is 5.92 Å². The highest BCUT2D eigenvalue weighted by Crippen LogP contribution is 2.28. The van der Waals surface area contributed by atoms with Crippen molar-refractivity contribution >= 4 is 5.97 Å². The molecule has 0 aliphatic carbocycles. The van der Waals surface area contributed by atoms with Crippen molar-refractivity contribution in [2.24, 2.45) is 5.92 Å². The molecular weight excluding hydrogens is 190 g/mol. The highest BCUT2D eigenvalue weighted by Gasteiger charge is 2.34. The molecule has 1 heterocycles. The fraction of sp³-hybridized carbons (Fsp3) is 0.417. The molecule has 80 valence electrons. The van der Waals surface area contributed by atoms with Crippen molar-refractivity contribution in [2.45, 2.75) is 5.92 Å². The standard InChI is InChI=1S/C12H15NO2/c1-15-12(14)11-8-13-7-10(11)9-5-3-2-4-6-9/h2-6,10-11,13H,7-8H2,1H3/t10-,11+/m0/s1. The lowest BCUT2D eigenvalue weighted by Crippen LogP contribution is -2.22. The number of carbonyl (C=O) groups excluding carboxylic acids is 1. The Morgan fingerprint density at radius 1 is 1.33 bits per heavy atom. The monoisotopic (exact) mass is 205 g/mol. The highest BCUT2D eigenvalue weighted by molar-refractivity contribution is 5.74. The van der Waals surface area contributed by atoms with E-state index in [9.17, 15) is 4.79 Å². The summed E-state index contributed by atoms with van der Waals surface area (Å²) in [4.78, 5) is 11.5. The van der Waals surface area contributed by atoms with Gasteiger partial charge >= 0.3 is 5.97 Å². The first-order valence-corrected chi connectivity index (χ1v) is 5.16. The summed E-state index contributed by atoms with van der Waals surface area (Å²) < 4.78 is 4.81. The molecule has 0 bridgehead atoms. The minimum absolute atomic E-state index is 0.0441. The fourth-order valence-corrected chi connectivity index (χ4v) is 2.13. The van der Waals surface area contributed by atoms with Crippen LogP contribution < -0.4 is 5.32 Å². The Morgan fingerprint density at radius 2 is 2.07 bits per heavy atom. The zero-order valence-corrected chi connectivity index (χ0v) is 8.77. The van der Waals surface area contributed by atoms with Crippen LogP contribution in [0.1, 0.15) is 11.5 Å². The minimum atomic E-state index is -0.117. The second-order valence-corrected chi connectivity index (χ2v) is 3.81. The molecular formula is C12H15NO2. The van der Waals surface area contributed by atoms with Crippen LogP contribution in [0.5, 0.6) is 0 Å². The Labute approximate surface area is 89.4 Å². The fourth-order valence-electron chi connectivity index (χ4n) is 2.13. The van der Waals surface area contributed by atoms with E-state index in [0.29, 0.717) is 6.54 Å². The van der Waals surface area contributed by atoms with E-state index in [2.05, 4.69) is 17.4 Å². The summed E-state index contributed by atoms with van der Waals surface area (Å²) in [6, 6.07) is 10.1. The van der Waals surface area contributed by atoms with Crippen molar-refractivity contribution < 1.29 is 9.53 Å². The Hall–Kier alpha value is -1.35. The van der Waals surface area contributed by atoms with Crippen LogP contribution in [-0.4, -0.2) is 26.2 Å². The van der Waals surface area contributed by atoms with Gasteiger partial charge in [0.25, 0.3) is 0 Å². The Balaban J connectivity index is 2.18. The molecule has 0 spiro atoms. The largest absolute Gasteiger partial charge is 0.469 e. The summed E-state index contributed by atoms with van der Waals surface area (Å²) in [5, 5.41) is 3.24. The van der Waals surface area contributed by atoms with Gasteiger partial charge in [0.2, 0.25) is 0 Å². The number of methoxy groups -OCH3 is 1. The molecule has 1 aromatic carbocycles. The lowest BCUT2D eigenvalue weighted by atomic mass is 9.89. The molecule has 0 saturated carbocycles. The van der Waals surface area contributed by atoms with E-state index in [1.54, 1.807) is 0 Å². The van der Waals surface area contributed by atoms with Crippen LogP contribution in [-0.2, 0) is 9.53 Å². The number of hydrogen-bond donors (Lipinski definition) is 1. The summed E-state index contributed by atoms with van der Waals surface area (Å²) in [5.41, 5.74) is 1.21. The second kappa shape index (κ2) is 4.45. The van der Waals surface area contributed by atoms with E-state index < -0.39 is 0 Å². The molecule has 0 radical (unpaired) electrons. The van der Waals surface area contributed by atoms with Crippen molar-refractivity contribution in [1.82, 2.24) is 5.32 Å². The minimum Gasteiger partial charge on any atom is -0.469 e. The molecule has 1 N–H and O–H groups in total. The van der Waals surface area contributed by atoms with Crippen molar-refractivity contribution in [3.63, 3.8) is 0 Å². The van der Waals surface area contributed by atoms with Gasteiger partial charge in [0.15, 0.2) is 0 Å².